The van der Waals surface area contributed by atoms with Crippen molar-refractivity contribution in [3.8, 4) is 17.1 Å². The van der Waals surface area contributed by atoms with E-state index in [2.05, 4.69) is 10.1 Å². The first-order valence-electron chi connectivity index (χ1n) is 7.09. The van der Waals surface area contributed by atoms with E-state index in [1.165, 1.54) is 0 Å². The van der Waals surface area contributed by atoms with Crippen molar-refractivity contribution in [3.63, 3.8) is 0 Å². The maximum Gasteiger partial charge on any atom is 0.230 e. The van der Waals surface area contributed by atoms with Crippen LogP contribution in [0.3, 0.4) is 0 Å². The van der Waals surface area contributed by atoms with Crippen LogP contribution in [0.2, 0.25) is 0 Å². The van der Waals surface area contributed by atoms with Crippen molar-refractivity contribution in [2.75, 3.05) is 6.61 Å². The summed E-state index contributed by atoms with van der Waals surface area (Å²) in [5, 5.41) is 4.09. The fourth-order valence-corrected chi connectivity index (χ4v) is 2.68. The molecule has 0 amide bonds. The highest BCUT2D eigenvalue weighted by Crippen LogP contribution is 2.34. The molecule has 1 aromatic heterocycles. The second-order valence-corrected chi connectivity index (χ2v) is 5.16. The molecule has 0 saturated heterocycles. The van der Waals surface area contributed by atoms with Gasteiger partial charge in [0.05, 0.1) is 12.2 Å². The lowest BCUT2D eigenvalue weighted by atomic mass is 10.1. The van der Waals surface area contributed by atoms with Gasteiger partial charge in [-0.25, -0.2) is 0 Å². The number of ether oxygens (including phenoxy) is 1. The Kier molecular flexibility index (Phi) is 3.69. The van der Waals surface area contributed by atoms with Crippen molar-refractivity contribution in [2.24, 2.45) is 5.73 Å². The monoisotopic (exact) mass is 273 g/mol. The Morgan fingerprint density at radius 2 is 2.20 bits per heavy atom. The second kappa shape index (κ2) is 5.63. The lowest BCUT2D eigenvalue weighted by Gasteiger charge is -2.06. The number of nitrogens with two attached hydrogens (primary N) is 1. The number of hydrogen-bond donors (Lipinski definition) is 1. The summed E-state index contributed by atoms with van der Waals surface area (Å²) in [6.07, 6.45) is 2.97. The molecule has 5 heteroatoms. The third kappa shape index (κ3) is 2.54. The van der Waals surface area contributed by atoms with Gasteiger partial charge in [0.1, 0.15) is 5.75 Å². The van der Waals surface area contributed by atoms with E-state index in [9.17, 15) is 0 Å². The molecular weight excluding hydrogens is 254 g/mol. The summed E-state index contributed by atoms with van der Waals surface area (Å²) >= 11 is 0. The van der Waals surface area contributed by atoms with Crippen LogP contribution in [0.15, 0.2) is 28.8 Å². The van der Waals surface area contributed by atoms with Crippen LogP contribution in [0.1, 0.15) is 38.0 Å². The number of para-hydroxylation sites is 1. The minimum atomic E-state index is 0.256. The first-order chi connectivity index (χ1) is 9.78. The summed E-state index contributed by atoms with van der Waals surface area (Å²) in [6, 6.07) is 8.00. The van der Waals surface area contributed by atoms with E-state index in [1.807, 2.05) is 31.2 Å². The van der Waals surface area contributed by atoms with Crippen LogP contribution in [-0.4, -0.2) is 22.8 Å². The lowest BCUT2D eigenvalue weighted by Crippen LogP contribution is -2.14. The van der Waals surface area contributed by atoms with Crippen molar-refractivity contribution in [3.05, 3.63) is 30.2 Å². The Balaban J connectivity index is 1.86. The summed E-state index contributed by atoms with van der Waals surface area (Å²) in [5.74, 6) is 2.36. The highest BCUT2D eigenvalue weighted by atomic mass is 16.5. The predicted octanol–water partition coefficient (Wildman–Crippen LogP) is 2.73. The predicted molar refractivity (Wildman–Crippen MR) is 75.5 cm³/mol. The molecule has 1 heterocycles. The van der Waals surface area contributed by atoms with Crippen molar-refractivity contribution in [1.82, 2.24) is 10.1 Å². The van der Waals surface area contributed by atoms with Gasteiger partial charge < -0.3 is 15.0 Å². The van der Waals surface area contributed by atoms with Gasteiger partial charge in [-0.3, -0.25) is 0 Å². The highest BCUT2D eigenvalue weighted by Gasteiger charge is 2.28. The first-order valence-corrected chi connectivity index (χ1v) is 7.09. The largest absolute Gasteiger partial charge is 0.493 e. The maximum absolute atomic E-state index is 5.93. The fourth-order valence-electron chi connectivity index (χ4n) is 2.68. The van der Waals surface area contributed by atoms with E-state index in [1.54, 1.807) is 0 Å². The zero-order valence-electron chi connectivity index (χ0n) is 11.6. The van der Waals surface area contributed by atoms with Crippen molar-refractivity contribution in [2.45, 2.75) is 38.1 Å². The zero-order valence-corrected chi connectivity index (χ0v) is 11.6. The molecule has 1 aliphatic carbocycles. The van der Waals surface area contributed by atoms with Crippen LogP contribution in [-0.2, 0) is 0 Å². The maximum atomic E-state index is 5.93. The Bertz CT molecular complexity index is 582. The average Bonchev–Trinajstić information content (AvgIpc) is 3.08. The molecule has 20 heavy (non-hydrogen) atoms. The van der Waals surface area contributed by atoms with Gasteiger partial charge in [-0.15, -0.1) is 0 Å². The van der Waals surface area contributed by atoms with Crippen molar-refractivity contribution < 1.29 is 9.26 Å². The molecule has 5 nitrogen and oxygen atoms in total. The van der Waals surface area contributed by atoms with Gasteiger partial charge in [0, 0.05) is 12.0 Å². The van der Waals surface area contributed by atoms with Gasteiger partial charge in [0.2, 0.25) is 11.7 Å². The summed E-state index contributed by atoms with van der Waals surface area (Å²) in [4.78, 5) is 4.53. The molecule has 0 radical (unpaired) electrons. The number of nitrogens with zero attached hydrogens (tertiary/aromatic N) is 2. The number of rotatable bonds is 4. The van der Waals surface area contributed by atoms with E-state index in [0.717, 1.165) is 30.6 Å². The summed E-state index contributed by atoms with van der Waals surface area (Å²) in [7, 11) is 0. The molecule has 0 bridgehead atoms. The SMILES string of the molecule is CCOc1ccccc1-c1noc(C2CCC(N)C2)n1. The van der Waals surface area contributed by atoms with E-state index >= 15 is 0 Å². The van der Waals surface area contributed by atoms with Crippen LogP contribution >= 0.6 is 0 Å². The van der Waals surface area contributed by atoms with Gasteiger partial charge >= 0.3 is 0 Å². The van der Waals surface area contributed by atoms with Gasteiger partial charge in [-0.05, 0) is 38.3 Å². The van der Waals surface area contributed by atoms with Gasteiger partial charge in [0.15, 0.2) is 0 Å². The normalized spacial score (nSPS) is 22.1. The molecule has 2 N–H and O–H groups in total. The zero-order chi connectivity index (χ0) is 13.9. The minimum absolute atomic E-state index is 0.256. The second-order valence-electron chi connectivity index (χ2n) is 5.16. The van der Waals surface area contributed by atoms with Crippen molar-refractivity contribution >= 4 is 0 Å². The topological polar surface area (TPSA) is 74.2 Å². The van der Waals surface area contributed by atoms with Crippen LogP contribution in [0.4, 0.5) is 0 Å². The highest BCUT2D eigenvalue weighted by molar-refractivity contribution is 5.63. The third-order valence-corrected chi connectivity index (χ3v) is 3.69. The molecule has 0 spiro atoms. The summed E-state index contributed by atoms with van der Waals surface area (Å²) < 4.78 is 11.0. The molecule has 2 unspecified atom stereocenters. The van der Waals surface area contributed by atoms with Crippen molar-refractivity contribution in [1.29, 1.82) is 0 Å². The molecule has 2 aromatic rings. The van der Waals surface area contributed by atoms with Crippen LogP contribution in [0.25, 0.3) is 11.4 Å². The Labute approximate surface area is 118 Å². The smallest absolute Gasteiger partial charge is 0.230 e. The van der Waals surface area contributed by atoms with E-state index in [4.69, 9.17) is 15.0 Å². The quantitative estimate of drug-likeness (QED) is 0.927. The number of hydrogen-bond acceptors (Lipinski definition) is 5. The van der Waals surface area contributed by atoms with E-state index in [0.29, 0.717) is 24.2 Å². The van der Waals surface area contributed by atoms with Gasteiger partial charge in [-0.1, -0.05) is 17.3 Å². The molecule has 1 fully saturated rings. The number of aromatic nitrogens is 2. The minimum Gasteiger partial charge on any atom is -0.493 e. The molecule has 1 aromatic carbocycles. The third-order valence-electron chi connectivity index (χ3n) is 3.69. The van der Waals surface area contributed by atoms with E-state index < -0.39 is 0 Å². The van der Waals surface area contributed by atoms with Crippen LogP contribution < -0.4 is 10.5 Å². The molecular formula is C15H19N3O2. The molecule has 0 aliphatic heterocycles. The standard InChI is InChI=1S/C15H19N3O2/c1-2-19-13-6-4-3-5-12(13)14-17-15(20-18-14)10-7-8-11(16)9-10/h3-6,10-11H,2,7-9,16H2,1H3. The lowest BCUT2D eigenvalue weighted by molar-refractivity contribution is 0.340. The molecule has 1 saturated carbocycles. The molecule has 106 valence electrons. The summed E-state index contributed by atoms with van der Waals surface area (Å²) in [5.41, 5.74) is 6.80. The van der Waals surface area contributed by atoms with Crippen LogP contribution in [0, 0.1) is 0 Å². The van der Waals surface area contributed by atoms with Crippen LogP contribution in [0.5, 0.6) is 5.75 Å². The first kappa shape index (κ1) is 13.1. The molecule has 3 rings (SSSR count). The fraction of sp³-hybridized carbons (Fsp3) is 0.467. The molecule has 2 atom stereocenters. The average molecular weight is 273 g/mol. The van der Waals surface area contributed by atoms with Gasteiger partial charge in [-0.2, -0.15) is 4.98 Å². The van der Waals surface area contributed by atoms with Gasteiger partial charge in [0.25, 0.3) is 0 Å². The Hall–Kier alpha value is -1.88. The Morgan fingerprint density at radius 1 is 1.35 bits per heavy atom. The Morgan fingerprint density at radius 3 is 2.95 bits per heavy atom. The molecule has 1 aliphatic rings. The number of benzene rings is 1. The van der Waals surface area contributed by atoms with E-state index in [-0.39, 0.29) is 6.04 Å². The summed E-state index contributed by atoms with van der Waals surface area (Å²) in [6.45, 7) is 2.57.